The largest absolute Gasteiger partial charge is 0.330 e. The Morgan fingerprint density at radius 2 is 2.21 bits per heavy atom. The maximum atomic E-state index is 11.9. The van der Waals surface area contributed by atoms with Gasteiger partial charge in [-0.15, -0.1) is 0 Å². The molecule has 1 aliphatic rings. The van der Waals surface area contributed by atoms with Gasteiger partial charge in [0.05, 0.1) is 6.04 Å². The monoisotopic (exact) mass is 198 g/mol. The molecule has 0 bridgehead atoms. The predicted molar refractivity (Wildman–Crippen MR) is 58.1 cm³/mol. The summed E-state index contributed by atoms with van der Waals surface area (Å²) in [5.74, 6) is 0.362. The highest BCUT2D eigenvalue weighted by atomic mass is 16.1. The molecule has 2 N–H and O–H groups in total. The number of carbonyl (C=O) groups excluding carboxylic acids is 1. The van der Waals surface area contributed by atoms with Gasteiger partial charge in [-0.1, -0.05) is 13.8 Å². The molecule has 0 aromatic heterocycles. The number of carbonyl (C=O) groups is 1. The van der Waals surface area contributed by atoms with Crippen molar-refractivity contribution >= 4 is 5.78 Å². The van der Waals surface area contributed by atoms with E-state index < -0.39 is 0 Å². The molecular formula is C11H22N2O. The van der Waals surface area contributed by atoms with Crippen LogP contribution in [0.5, 0.6) is 0 Å². The lowest BCUT2D eigenvalue weighted by atomic mass is 9.84. The van der Waals surface area contributed by atoms with Crippen molar-refractivity contribution in [3.8, 4) is 0 Å². The van der Waals surface area contributed by atoms with Gasteiger partial charge in [0.25, 0.3) is 0 Å². The first-order valence-electron chi connectivity index (χ1n) is 5.39. The molecule has 1 unspecified atom stereocenters. The number of ketones is 1. The lowest BCUT2D eigenvalue weighted by Crippen LogP contribution is -2.38. The molecule has 1 rings (SSSR count). The molecule has 0 aromatic rings. The Bertz CT molecular complexity index is 213. The minimum Gasteiger partial charge on any atom is -0.330 e. The van der Waals surface area contributed by atoms with Gasteiger partial charge in [-0.05, 0) is 38.4 Å². The minimum atomic E-state index is 0.0572. The molecule has 14 heavy (non-hydrogen) atoms. The summed E-state index contributed by atoms with van der Waals surface area (Å²) in [5.41, 5.74) is 5.68. The van der Waals surface area contributed by atoms with E-state index in [2.05, 4.69) is 18.7 Å². The normalized spacial score (nSPS) is 28.9. The molecule has 82 valence electrons. The van der Waals surface area contributed by atoms with Gasteiger partial charge >= 0.3 is 0 Å². The average molecular weight is 198 g/mol. The van der Waals surface area contributed by atoms with Crippen molar-refractivity contribution in [3.05, 3.63) is 0 Å². The number of hydrogen-bond donors (Lipinski definition) is 1. The van der Waals surface area contributed by atoms with E-state index in [0.717, 1.165) is 19.4 Å². The first-order valence-corrected chi connectivity index (χ1v) is 5.39. The molecular weight excluding hydrogens is 176 g/mol. The number of rotatable bonds is 2. The number of likely N-dealkylation sites (tertiary alicyclic amines) is 1. The van der Waals surface area contributed by atoms with Gasteiger partial charge in [0, 0.05) is 6.42 Å². The van der Waals surface area contributed by atoms with Crippen LogP contribution in [0.3, 0.4) is 0 Å². The third kappa shape index (κ3) is 2.79. The molecule has 3 heteroatoms. The molecule has 0 saturated carbocycles. The van der Waals surface area contributed by atoms with Crippen LogP contribution in [0.15, 0.2) is 0 Å². The topological polar surface area (TPSA) is 46.3 Å². The van der Waals surface area contributed by atoms with Crippen LogP contribution in [0.1, 0.15) is 33.1 Å². The average Bonchev–Trinajstić information content (AvgIpc) is 2.16. The molecule has 3 nitrogen and oxygen atoms in total. The summed E-state index contributed by atoms with van der Waals surface area (Å²) in [6, 6.07) is 0.0572. The standard InChI is InChI=1S/C11H22N2O/c1-11(2)5-7-13(3)9(4-6-12)10(14)8-11/h9H,4-8,12H2,1-3H3. The van der Waals surface area contributed by atoms with Crippen molar-refractivity contribution in [3.63, 3.8) is 0 Å². The van der Waals surface area contributed by atoms with Crippen molar-refractivity contribution in [1.82, 2.24) is 4.90 Å². The van der Waals surface area contributed by atoms with E-state index in [1.807, 2.05) is 7.05 Å². The number of nitrogens with two attached hydrogens (primary N) is 1. The molecule has 0 radical (unpaired) electrons. The van der Waals surface area contributed by atoms with E-state index in [0.29, 0.717) is 18.7 Å². The van der Waals surface area contributed by atoms with Crippen molar-refractivity contribution < 1.29 is 4.79 Å². The summed E-state index contributed by atoms with van der Waals surface area (Å²) in [4.78, 5) is 14.1. The van der Waals surface area contributed by atoms with Gasteiger partial charge in [-0.25, -0.2) is 0 Å². The molecule has 0 spiro atoms. The van der Waals surface area contributed by atoms with E-state index in [-0.39, 0.29) is 11.5 Å². The zero-order chi connectivity index (χ0) is 10.8. The quantitative estimate of drug-likeness (QED) is 0.720. The number of nitrogens with zero attached hydrogens (tertiary/aromatic N) is 1. The Kier molecular flexibility index (Phi) is 3.67. The second-order valence-electron chi connectivity index (χ2n) is 5.13. The zero-order valence-electron chi connectivity index (χ0n) is 9.55. The van der Waals surface area contributed by atoms with E-state index in [9.17, 15) is 4.79 Å². The Hall–Kier alpha value is -0.410. The predicted octanol–water partition coefficient (Wildman–Crippen LogP) is 1.02. The van der Waals surface area contributed by atoms with Gasteiger partial charge in [-0.3, -0.25) is 9.69 Å². The van der Waals surface area contributed by atoms with E-state index in [1.165, 1.54) is 0 Å². The highest BCUT2D eigenvalue weighted by molar-refractivity contribution is 5.84. The van der Waals surface area contributed by atoms with Crippen LogP contribution >= 0.6 is 0 Å². The molecule has 1 aliphatic heterocycles. The van der Waals surface area contributed by atoms with E-state index >= 15 is 0 Å². The zero-order valence-corrected chi connectivity index (χ0v) is 9.55. The third-order valence-electron chi connectivity index (χ3n) is 3.14. The van der Waals surface area contributed by atoms with Crippen LogP contribution in [0, 0.1) is 5.41 Å². The lowest BCUT2D eigenvalue weighted by molar-refractivity contribution is -0.124. The van der Waals surface area contributed by atoms with Crippen molar-refractivity contribution in [2.45, 2.75) is 39.2 Å². The third-order valence-corrected chi connectivity index (χ3v) is 3.14. The molecule has 0 amide bonds. The highest BCUT2D eigenvalue weighted by Gasteiger charge is 2.32. The summed E-state index contributed by atoms with van der Waals surface area (Å²) >= 11 is 0. The molecule has 1 heterocycles. The Morgan fingerprint density at radius 3 is 2.79 bits per heavy atom. The molecule has 0 aromatic carbocycles. The Balaban J connectivity index is 2.71. The summed E-state index contributed by atoms with van der Waals surface area (Å²) in [6.07, 6.45) is 2.59. The number of Topliss-reactive ketones (excluding diaryl/α,β-unsaturated/α-hetero) is 1. The summed E-state index contributed by atoms with van der Waals surface area (Å²) in [7, 11) is 2.03. The molecule has 0 aliphatic carbocycles. The summed E-state index contributed by atoms with van der Waals surface area (Å²) in [6.45, 7) is 5.94. The van der Waals surface area contributed by atoms with Gasteiger partial charge in [0.1, 0.15) is 0 Å². The van der Waals surface area contributed by atoms with E-state index in [4.69, 9.17) is 5.73 Å². The fourth-order valence-corrected chi connectivity index (χ4v) is 2.10. The van der Waals surface area contributed by atoms with Gasteiger partial charge in [0.15, 0.2) is 5.78 Å². The second-order valence-corrected chi connectivity index (χ2v) is 5.13. The minimum absolute atomic E-state index is 0.0572. The smallest absolute Gasteiger partial charge is 0.150 e. The van der Waals surface area contributed by atoms with Crippen LogP contribution < -0.4 is 5.73 Å². The highest BCUT2D eigenvalue weighted by Crippen LogP contribution is 2.30. The molecule has 1 saturated heterocycles. The van der Waals surface area contributed by atoms with Gasteiger partial charge in [-0.2, -0.15) is 0 Å². The van der Waals surface area contributed by atoms with Crippen molar-refractivity contribution in [2.24, 2.45) is 11.1 Å². The summed E-state index contributed by atoms with van der Waals surface area (Å²) in [5, 5.41) is 0. The van der Waals surface area contributed by atoms with Crippen molar-refractivity contribution in [1.29, 1.82) is 0 Å². The maximum absolute atomic E-state index is 11.9. The van der Waals surface area contributed by atoms with Crippen LogP contribution in [0.2, 0.25) is 0 Å². The Labute approximate surface area is 86.6 Å². The van der Waals surface area contributed by atoms with Crippen LogP contribution in [-0.2, 0) is 4.79 Å². The number of hydrogen-bond acceptors (Lipinski definition) is 3. The second kappa shape index (κ2) is 4.41. The van der Waals surface area contributed by atoms with Crippen LogP contribution in [0.25, 0.3) is 0 Å². The first-order chi connectivity index (χ1) is 6.46. The van der Waals surface area contributed by atoms with Gasteiger partial charge < -0.3 is 5.73 Å². The number of likely N-dealkylation sites (N-methyl/N-ethyl adjacent to an activating group) is 1. The van der Waals surface area contributed by atoms with E-state index in [1.54, 1.807) is 0 Å². The fraction of sp³-hybridized carbons (Fsp3) is 0.909. The van der Waals surface area contributed by atoms with Crippen molar-refractivity contribution in [2.75, 3.05) is 20.1 Å². The van der Waals surface area contributed by atoms with Crippen LogP contribution in [-0.4, -0.2) is 36.9 Å². The fourth-order valence-electron chi connectivity index (χ4n) is 2.10. The lowest BCUT2D eigenvalue weighted by Gasteiger charge is -2.23. The molecule has 1 fully saturated rings. The Morgan fingerprint density at radius 1 is 1.57 bits per heavy atom. The maximum Gasteiger partial charge on any atom is 0.150 e. The summed E-state index contributed by atoms with van der Waals surface area (Å²) < 4.78 is 0. The SMILES string of the molecule is CN1CCC(C)(C)CC(=O)C1CCN. The first kappa shape index (κ1) is 11.7. The molecule has 1 atom stereocenters. The van der Waals surface area contributed by atoms with Crippen LogP contribution in [0.4, 0.5) is 0 Å². The van der Waals surface area contributed by atoms with Gasteiger partial charge in [0.2, 0.25) is 0 Å².